The lowest BCUT2D eigenvalue weighted by Crippen LogP contribution is -2.34. The molecule has 3 nitrogen and oxygen atoms in total. The fraction of sp³-hybridized carbons (Fsp3) is 0.900. The van der Waals surface area contributed by atoms with Crippen LogP contribution in [0.1, 0.15) is 6.42 Å². The summed E-state index contributed by atoms with van der Waals surface area (Å²) in [6, 6.07) is 0.563. The van der Waals surface area contributed by atoms with Crippen molar-refractivity contribution >= 4 is 25.8 Å². The van der Waals surface area contributed by atoms with Crippen LogP contribution in [-0.2, 0) is 9.53 Å². The van der Waals surface area contributed by atoms with Crippen molar-refractivity contribution in [2.75, 3.05) is 18.6 Å². The minimum atomic E-state index is -1.11. The van der Waals surface area contributed by atoms with Crippen LogP contribution in [0.2, 0.25) is 25.7 Å². The second-order valence-electron chi connectivity index (χ2n) is 4.87. The number of rotatable bonds is 7. The Hall–Kier alpha value is -0.00312. The Bertz CT molecular complexity index is 194. The number of ether oxygens (including phenoxy) is 1. The Morgan fingerprint density at radius 1 is 1.47 bits per heavy atom. The molecule has 0 radical (unpaired) electrons. The first-order valence-corrected chi connectivity index (χ1v) is 10.4. The summed E-state index contributed by atoms with van der Waals surface area (Å²) >= 11 is 1.69. The lowest BCUT2D eigenvalue weighted by atomic mass is 10.2. The molecule has 0 heterocycles. The number of carbonyl (C=O) groups excluding carboxylic acids is 1. The van der Waals surface area contributed by atoms with Crippen LogP contribution in [-0.4, -0.2) is 38.7 Å². The van der Waals surface area contributed by atoms with Gasteiger partial charge in [0.1, 0.15) is 6.04 Å². The van der Waals surface area contributed by atoms with Crippen molar-refractivity contribution in [1.82, 2.24) is 0 Å². The number of nitrogens with two attached hydrogens (primary N) is 1. The second-order valence-corrected chi connectivity index (χ2v) is 11.5. The Labute approximate surface area is 98.1 Å². The van der Waals surface area contributed by atoms with Crippen LogP contribution < -0.4 is 5.73 Å². The molecule has 0 aromatic heterocycles. The minimum absolute atomic E-state index is 0.248. The van der Waals surface area contributed by atoms with E-state index in [-0.39, 0.29) is 5.97 Å². The van der Waals surface area contributed by atoms with Crippen LogP contribution in [0, 0.1) is 0 Å². The van der Waals surface area contributed by atoms with Gasteiger partial charge in [0.25, 0.3) is 0 Å². The number of thioether (sulfide) groups is 1. The van der Waals surface area contributed by atoms with E-state index in [2.05, 4.69) is 19.6 Å². The van der Waals surface area contributed by atoms with E-state index < -0.39 is 14.1 Å². The number of esters is 1. The zero-order valence-electron chi connectivity index (χ0n) is 10.2. The lowest BCUT2D eigenvalue weighted by Gasteiger charge is -2.16. The molecule has 0 aliphatic heterocycles. The van der Waals surface area contributed by atoms with E-state index in [1.165, 1.54) is 0 Å². The Morgan fingerprint density at radius 3 is 2.53 bits per heavy atom. The zero-order valence-corrected chi connectivity index (χ0v) is 12.0. The van der Waals surface area contributed by atoms with Gasteiger partial charge in [-0.3, -0.25) is 4.79 Å². The van der Waals surface area contributed by atoms with Gasteiger partial charge in [-0.1, -0.05) is 19.6 Å². The SMILES string of the molecule is CSCCC(N)C(=O)OCC[Si](C)(C)C. The highest BCUT2D eigenvalue weighted by Gasteiger charge is 2.17. The molecule has 0 saturated carbocycles. The van der Waals surface area contributed by atoms with E-state index >= 15 is 0 Å². The Balaban J connectivity index is 3.64. The Kier molecular flexibility index (Phi) is 7.30. The van der Waals surface area contributed by atoms with Crippen molar-refractivity contribution in [3.05, 3.63) is 0 Å². The van der Waals surface area contributed by atoms with Gasteiger partial charge >= 0.3 is 5.97 Å². The summed E-state index contributed by atoms with van der Waals surface area (Å²) in [7, 11) is -1.11. The van der Waals surface area contributed by atoms with Crippen LogP contribution in [0.25, 0.3) is 0 Å². The molecule has 0 amide bonds. The molecule has 0 aliphatic carbocycles. The summed E-state index contributed by atoms with van der Waals surface area (Å²) in [5.74, 6) is 0.659. The largest absolute Gasteiger partial charge is 0.465 e. The molecule has 0 saturated heterocycles. The van der Waals surface area contributed by atoms with Crippen molar-refractivity contribution in [3.8, 4) is 0 Å². The fourth-order valence-electron chi connectivity index (χ4n) is 0.928. The maximum absolute atomic E-state index is 11.4. The molecule has 0 fully saturated rings. The highest BCUT2D eigenvalue weighted by molar-refractivity contribution is 7.98. The summed E-state index contributed by atoms with van der Waals surface area (Å²) in [6.07, 6.45) is 2.70. The molecule has 15 heavy (non-hydrogen) atoms. The molecule has 0 spiro atoms. The highest BCUT2D eigenvalue weighted by Crippen LogP contribution is 2.08. The molecule has 90 valence electrons. The summed E-state index contributed by atoms with van der Waals surface area (Å²) in [5, 5.41) is 0. The summed E-state index contributed by atoms with van der Waals surface area (Å²) in [5.41, 5.74) is 5.68. The molecular formula is C10H23NO2SSi. The van der Waals surface area contributed by atoms with E-state index in [4.69, 9.17) is 10.5 Å². The van der Waals surface area contributed by atoms with Crippen LogP contribution in [0.3, 0.4) is 0 Å². The lowest BCUT2D eigenvalue weighted by molar-refractivity contribution is -0.144. The third-order valence-corrected chi connectivity index (χ3v) is 4.38. The first-order valence-electron chi connectivity index (χ1n) is 5.28. The molecule has 0 rings (SSSR count). The first-order chi connectivity index (χ1) is 6.87. The second kappa shape index (κ2) is 7.30. The van der Waals surface area contributed by atoms with E-state index in [0.717, 1.165) is 11.8 Å². The molecule has 1 atom stereocenters. The standard InChI is InChI=1S/C10H23NO2SSi/c1-14-7-5-9(11)10(12)13-6-8-15(2,3)4/h9H,5-8,11H2,1-4H3. The fourth-order valence-corrected chi connectivity index (χ4v) is 2.13. The summed E-state index contributed by atoms with van der Waals surface area (Å²) in [6.45, 7) is 7.30. The van der Waals surface area contributed by atoms with Crippen LogP contribution in [0.15, 0.2) is 0 Å². The van der Waals surface area contributed by atoms with E-state index in [1.807, 2.05) is 6.26 Å². The van der Waals surface area contributed by atoms with Gasteiger partial charge in [0.2, 0.25) is 0 Å². The quantitative estimate of drug-likeness (QED) is 0.553. The highest BCUT2D eigenvalue weighted by atomic mass is 32.2. The molecule has 0 aromatic rings. The summed E-state index contributed by atoms with van der Waals surface area (Å²) < 4.78 is 5.14. The molecule has 5 heteroatoms. The van der Waals surface area contributed by atoms with E-state index in [0.29, 0.717) is 13.0 Å². The van der Waals surface area contributed by atoms with Gasteiger partial charge < -0.3 is 10.5 Å². The molecule has 1 unspecified atom stereocenters. The van der Waals surface area contributed by atoms with Crippen molar-refractivity contribution in [1.29, 1.82) is 0 Å². The van der Waals surface area contributed by atoms with Gasteiger partial charge in [0.15, 0.2) is 0 Å². The van der Waals surface area contributed by atoms with Crippen LogP contribution in [0.4, 0.5) is 0 Å². The zero-order chi connectivity index (χ0) is 11.9. The van der Waals surface area contributed by atoms with Gasteiger partial charge in [-0.25, -0.2) is 0 Å². The van der Waals surface area contributed by atoms with Crippen molar-refractivity contribution in [2.45, 2.75) is 38.1 Å². The van der Waals surface area contributed by atoms with Crippen molar-refractivity contribution in [2.24, 2.45) is 5.73 Å². The number of hydrogen-bond acceptors (Lipinski definition) is 4. The maximum Gasteiger partial charge on any atom is 0.322 e. The minimum Gasteiger partial charge on any atom is -0.465 e. The average Bonchev–Trinajstić information content (AvgIpc) is 2.11. The molecule has 0 bridgehead atoms. The molecular weight excluding hydrogens is 226 g/mol. The predicted molar refractivity (Wildman–Crippen MR) is 70.1 cm³/mol. The third-order valence-electron chi connectivity index (χ3n) is 2.03. The smallest absolute Gasteiger partial charge is 0.322 e. The van der Waals surface area contributed by atoms with Gasteiger partial charge in [-0.15, -0.1) is 0 Å². The Morgan fingerprint density at radius 2 is 2.07 bits per heavy atom. The van der Waals surface area contributed by atoms with Crippen LogP contribution >= 0.6 is 11.8 Å². The van der Waals surface area contributed by atoms with Crippen LogP contribution in [0.5, 0.6) is 0 Å². The van der Waals surface area contributed by atoms with Crippen molar-refractivity contribution in [3.63, 3.8) is 0 Å². The van der Waals surface area contributed by atoms with Crippen molar-refractivity contribution < 1.29 is 9.53 Å². The topological polar surface area (TPSA) is 52.3 Å². The summed E-state index contributed by atoms with van der Waals surface area (Å²) in [4.78, 5) is 11.4. The maximum atomic E-state index is 11.4. The predicted octanol–water partition coefficient (Wildman–Crippen LogP) is 1.95. The molecule has 2 N–H and O–H groups in total. The average molecular weight is 249 g/mol. The van der Waals surface area contributed by atoms with E-state index in [1.54, 1.807) is 11.8 Å². The molecule has 0 aliphatic rings. The number of hydrogen-bond donors (Lipinski definition) is 1. The van der Waals surface area contributed by atoms with Gasteiger partial charge in [-0.2, -0.15) is 11.8 Å². The van der Waals surface area contributed by atoms with Gasteiger partial charge in [0.05, 0.1) is 6.61 Å². The monoisotopic (exact) mass is 249 g/mol. The van der Waals surface area contributed by atoms with Gasteiger partial charge in [-0.05, 0) is 24.5 Å². The van der Waals surface area contributed by atoms with E-state index in [9.17, 15) is 4.79 Å². The normalized spacial score (nSPS) is 13.7. The van der Waals surface area contributed by atoms with Gasteiger partial charge in [0, 0.05) is 8.07 Å². The number of carbonyl (C=O) groups is 1. The molecule has 0 aromatic carbocycles. The third kappa shape index (κ3) is 8.96. The first kappa shape index (κ1) is 15.0.